The summed E-state index contributed by atoms with van der Waals surface area (Å²) in [5.74, 6) is -2.55. The van der Waals surface area contributed by atoms with E-state index in [1.54, 1.807) is 0 Å². The summed E-state index contributed by atoms with van der Waals surface area (Å²) in [6.45, 7) is 4.28. The molecule has 0 aliphatic heterocycles. The summed E-state index contributed by atoms with van der Waals surface area (Å²) in [5, 5.41) is 0. The number of benzene rings is 1. The number of carbonyl (C=O) groups excluding carboxylic acids is 1. The van der Waals surface area contributed by atoms with Gasteiger partial charge in [-0.3, -0.25) is 0 Å². The van der Waals surface area contributed by atoms with Gasteiger partial charge < -0.3 is 4.74 Å². The number of unbranched alkanes of at least 4 members (excludes halogenated alkanes) is 8. The van der Waals surface area contributed by atoms with Crippen LogP contribution in [-0.4, -0.2) is 12.1 Å². The van der Waals surface area contributed by atoms with Crippen molar-refractivity contribution in [2.24, 2.45) is 0 Å². The molecular formula is C22H34F2O2. The van der Waals surface area contributed by atoms with Crippen molar-refractivity contribution >= 4 is 5.97 Å². The van der Waals surface area contributed by atoms with Gasteiger partial charge in [0.25, 0.3) is 0 Å². The van der Waals surface area contributed by atoms with Gasteiger partial charge in [-0.1, -0.05) is 71.6 Å². The van der Waals surface area contributed by atoms with Gasteiger partial charge in [0.15, 0.2) is 11.6 Å². The maximum absolute atomic E-state index is 13.3. The van der Waals surface area contributed by atoms with Crippen LogP contribution in [0.5, 0.6) is 0 Å². The molecule has 0 spiro atoms. The van der Waals surface area contributed by atoms with Crippen molar-refractivity contribution in [1.82, 2.24) is 0 Å². The topological polar surface area (TPSA) is 26.3 Å². The Kier molecular flexibility index (Phi) is 11.9. The molecule has 1 rings (SSSR count). The van der Waals surface area contributed by atoms with Crippen molar-refractivity contribution in [2.75, 3.05) is 0 Å². The van der Waals surface area contributed by atoms with Gasteiger partial charge in [0, 0.05) is 0 Å². The Labute approximate surface area is 157 Å². The minimum Gasteiger partial charge on any atom is -0.459 e. The van der Waals surface area contributed by atoms with Crippen LogP contribution in [0.3, 0.4) is 0 Å². The van der Waals surface area contributed by atoms with E-state index in [0.717, 1.165) is 44.2 Å². The lowest BCUT2D eigenvalue weighted by Crippen LogP contribution is -2.18. The van der Waals surface area contributed by atoms with Crippen molar-refractivity contribution in [2.45, 2.75) is 97.0 Å². The van der Waals surface area contributed by atoms with E-state index in [2.05, 4.69) is 13.8 Å². The highest BCUT2D eigenvalue weighted by molar-refractivity contribution is 5.89. The van der Waals surface area contributed by atoms with E-state index >= 15 is 0 Å². The molecular weight excluding hydrogens is 334 g/mol. The minimum absolute atomic E-state index is 0.0667. The fraction of sp³-hybridized carbons (Fsp3) is 0.682. The van der Waals surface area contributed by atoms with Crippen LogP contribution in [0.4, 0.5) is 8.78 Å². The fourth-order valence-electron chi connectivity index (χ4n) is 3.11. The third-order valence-corrected chi connectivity index (χ3v) is 4.67. The standard InChI is InChI=1S/C22H34F2O2/c1-3-5-6-7-8-9-10-11-12-14-19(13-4-2)26-22(25)18-15-16-20(23)21(24)17-18/h15-17,19H,3-14H2,1-2H3. The molecule has 0 heterocycles. The third kappa shape index (κ3) is 9.30. The Morgan fingerprint density at radius 2 is 1.46 bits per heavy atom. The summed E-state index contributed by atoms with van der Waals surface area (Å²) in [4.78, 5) is 12.1. The molecule has 1 aromatic rings. The highest BCUT2D eigenvalue weighted by atomic mass is 19.2. The van der Waals surface area contributed by atoms with E-state index in [4.69, 9.17) is 4.74 Å². The number of carbonyl (C=O) groups is 1. The van der Waals surface area contributed by atoms with Gasteiger partial charge in [0.2, 0.25) is 0 Å². The zero-order valence-electron chi connectivity index (χ0n) is 16.4. The molecule has 0 aliphatic rings. The molecule has 26 heavy (non-hydrogen) atoms. The predicted octanol–water partition coefficient (Wildman–Crippen LogP) is 7.21. The Morgan fingerprint density at radius 3 is 2.04 bits per heavy atom. The molecule has 0 bridgehead atoms. The Hall–Kier alpha value is -1.45. The molecule has 0 amide bonds. The molecule has 1 unspecified atom stereocenters. The summed E-state index contributed by atoms with van der Waals surface area (Å²) in [6.07, 6.45) is 13.7. The molecule has 1 atom stereocenters. The van der Waals surface area contributed by atoms with Gasteiger partial charge >= 0.3 is 5.97 Å². The first-order chi connectivity index (χ1) is 12.6. The van der Waals surface area contributed by atoms with E-state index in [9.17, 15) is 13.6 Å². The van der Waals surface area contributed by atoms with Crippen molar-refractivity contribution < 1.29 is 18.3 Å². The van der Waals surface area contributed by atoms with Gasteiger partial charge in [-0.25, -0.2) is 13.6 Å². The summed E-state index contributed by atoms with van der Waals surface area (Å²) >= 11 is 0. The lowest BCUT2D eigenvalue weighted by molar-refractivity contribution is 0.0253. The average molecular weight is 369 g/mol. The van der Waals surface area contributed by atoms with E-state index in [1.807, 2.05) is 0 Å². The van der Waals surface area contributed by atoms with Gasteiger partial charge in [0.1, 0.15) is 6.10 Å². The minimum atomic E-state index is -1.02. The molecule has 1 aromatic carbocycles. The molecule has 0 aromatic heterocycles. The number of halogens is 2. The molecule has 148 valence electrons. The second-order valence-electron chi connectivity index (χ2n) is 7.06. The maximum atomic E-state index is 13.3. The lowest BCUT2D eigenvalue weighted by Gasteiger charge is -2.17. The second kappa shape index (κ2) is 13.7. The largest absolute Gasteiger partial charge is 0.459 e. The van der Waals surface area contributed by atoms with Crippen molar-refractivity contribution in [3.05, 3.63) is 35.4 Å². The summed E-state index contributed by atoms with van der Waals surface area (Å²) < 4.78 is 31.8. The average Bonchev–Trinajstić information content (AvgIpc) is 2.62. The Morgan fingerprint density at radius 1 is 0.846 bits per heavy atom. The van der Waals surface area contributed by atoms with E-state index in [0.29, 0.717) is 0 Å². The molecule has 0 aliphatic carbocycles. The van der Waals surface area contributed by atoms with Crippen LogP contribution in [0, 0.1) is 11.6 Å². The molecule has 0 fully saturated rings. The van der Waals surface area contributed by atoms with E-state index < -0.39 is 17.6 Å². The number of hydrogen-bond donors (Lipinski definition) is 0. The van der Waals surface area contributed by atoms with Crippen molar-refractivity contribution in [3.63, 3.8) is 0 Å². The number of rotatable bonds is 14. The first-order valence-corrected chi connectivity index (χ1v) is 10.2. The van der Waals surface area contributed by atoms with Crippen LogP contribution in [0.15, 0.2) is 18.2 Å². The monoisotopic (exact) mass is 368 g/mol. The normalized spacial score (nSPS) is 12.2. The zero-order chi connectivity index (χ0) is 19.2. The zero-order valence-corrected chi connectivity index (χ0v) is 16.4. The van der Waals surface area contributed by atoms with Crippen molar-refractivity contribution in [3.8, 4) is 0 Å². The molecule has 0 saturated carbocycles. The second-order valence-corrected chi connectivity index (χ2v) is 7.06. The molecule has 0 N–H and O–H groups in total. The van der Waals surface area contributed by atoms with Crippen LogP contribution >= 0.6 is 0 Å². The molecule has 2 nitrogen and oxygen atoms in total. The van der Waals surface area contributed by atoms with Crippen molar-refractivity contribution in [1.29, 1.82) is 0 Å². The molecule has 0 radical (unpaired) electrons. The van der Waals surface area contributed by atoms with Gasteiger partial charge in [0.05, 0.1) is 5.56 Å². The predicted molar refractivity (Wildman–Crippen MR) is 102 cm³/mol. The Bertz CT molecular complexity index is 517. The number of ether oxygens (including phenoxy) is 1. The lowest BCUT2D eigenvalue weighted by atomic mass is 10.0. The van der Waals surface area contributed by atoms with E-state index in [-0.39, 0.29) is 11.7 Å². The molecule has 4 heteroatoms. The van der Waals surface area contributed by atoms with Gasteiger partial charge in [-0.05, 0) is 37.5 Å². The van der Waals surface area contributed by atoms with Crippen LogP contribution < -0.4 is 0 Å². The molecule has 0 saturated heterocycles. The summed E-state index contributed by atoms with van der Waals surface area (Å²) in [6, 6.07) is 3.13. The first kappa shape index (κ1) is 22.6. The highest BCUT2D eigenvalue weighted by Gasteiger charge is 2.16. The van der Waals surface area contributed by atoms with Gasteiger partial charge in [-0.15, -0.1) is 0 Å². The summed E-state index contributed by atoms with van der Waals surface area (Å²) in [5.41, 5.74) is 0.0667. The van der Waals surface area contributed by atoms with Crippen LogP contribution in [0.2, 0.25) is 0 Å². The van der Waals surface area contributed by atoms with E-state index in [1.165, 1.54) is 51.0 Å². The fourth-order valence-corrected chi connectivity index (χ4v) is 3.11. The van der Waals surface area contributed by atoms with Gasteiger partial charge in [-0.2, -0.15) is 0 Å². The SMILES string of the molecule is CCCCCCCCCCCC(CCC)OC(=O)c1ccc(F)c(F)c1. The third-order valence-electron chi connectivity index (χ3n) is 4.67. The number of esters is 1. The smallest absolute Gasteiger partial charge is 0.338 e. The summed E-state index contributed by atoms with van der Waals surface area (Å²) in [7, 11) is 0. The number of hydrogen-bond acceptors (Lipinski definition) is 2. The first-order valence-electron chi connectivity index (χ1n) is 10.2. The Balaban J connectivity index is 2.28. The quantitative estimate of drug-likeness (QED) is 0.256. The van der Waals surface area contributed by atoms with Crippen LogP contribution in [-0.2, 0) is 4.74 Å². The van der Waals surface area contributed by atoms with Crippen LogP contribution in [0.25, 0.3) is 0 Å². The highest BCUT2D eigenvalue weighted by Crippen LogP contribution is 2.17. The maximum Gasteiger partial charge on any atom is 0.338 e. The van der Waals surface area contributed by atoms with Crippen LogP contribution in [0.1, 0.15) is 101 Å².